The van der Waals surface area contributed by atoms with Crippen molar-refractivity contribution in [3.63, 3.8) is 0 Å². The molecule has 0 aliphatic heterocycles. The Morgan fingerprint density at radius 2 is 1.74 bits per heavy atom. The van der Waals surface area contributed by atoms with E-state index in [1.165, 1.54) is 18.2 Å². The van der Waals surface area contributed by atoms with Crippen LogP contribution in [0.1, 0.15) is 10.4 Å². The lowest BCUT2D eigenvalue weighted by Gasteiger charge is -2.11. The van der Waals surface area contributed by atoms with Crippen LogP contribution in [0.15, 0.2) is 60.7 Å². The Morgan fingerprint density at radius 1 is 1.00 bits per heavy atom. The fourth-order valence-electron chi connectivity index (χ4n) is 2.55. The van der Waals surface area contributed by atoms with Crippen LogP contribution in [0.4, 0.5) is 14.9 Å². The van der Waals surface area contributed by atoms with E-state index in [1.54, 1.807) is 30.3 Å². The summed E-state index contributed by atoms with van der Waals surface area (Å²) in [6, 6.07) is 15.3. The number of benzene rings is 3. The molecule has 0 radical (unpaired) electrons. The van der Waals surface area contributed by atoms with Gasteiger partial charge in [-0.2, -0.15) is 0 Å². The van der Waals surface area contributed by atoms with Crippen LogP contribution in [-0.4, -0.2) is 24.8 Å². The Morgan fingerprint density at radius 3 is 2.52 bits per heavy atom. The largest absolute Gasteiger partial charge is 0.483 e. The summed E-state index contributed by atoms with van der Waals surface area (Å²) in [5.41, 5.74) is 0.262. The molecular formula is C20H15FN2O4. The molecule has 27 heavy (non-hydrogen) atoms. The Labute approximate surface area is 153 Å². The first-order chi connectivity index (χ1) is 13.1. The molecule has 3 amide bonds. The lowest BCUT2D eigenvalue weighted by Crippen LogP contribution is -2.37. The number of nitrogens with one attached hydrogen (secondary N) is 2. The highest BCUT2D eigenvalue weighted by Crippen LogP contribution is 2.26. The van der Waals surface area contributed by atoms with E-state index in [-0.39, 0.29) is 11.4 Å². The van der Waals surface area contributed by atoms with Gasteiger partial charge in [-0.25, -0.2) is 9.18 Å². The smallest absolute Gasteiger partial charge is 0.326 e. The van der Waals surface area contributed by atoms with Crippen LogP contribution in [-0.2, 0) is 4.79 Å². The monoisotopic (exact) mass is 366 g/mol. The van der Waals surface area contributed by atoms with Gasteiger partial charge < -0.3 is 10.1 Å². The fourth-order valence-corrected chi connectivity index (χ4v) is 2.55. The molecule has 0 aromatic heterocycles. The lowest BCUT2D eigenvalue weighted by atomic mass is 10.0. The van der Waals surface area contributed by atoms with Gasteiger partial charge in [-0.3, -0.25) is 14.9 Å². The van der Waals surface area contributed by atoms with E-state index in [4.69, 9.17) is 4.74 Å². The van der Waals surface area contributed by atoms with Crippen molar-refractivity contribution >= 4 is 34.7 Å². The second-order valence-electron chi connectivity index (χ2n) is 5.59. The fraction of sp³-hybridized carbons (Fsp3) is 0.0500. The maximum absolute atomic E-state index is 13.5. The third-order valence-electron chi connectivity index (χ3n) is 3.78. The van der Waals surface area contributed by atoms with Gasteiger partial charge in [-0.05, 0) is 29.0 Å². The SMILES string of the molecule is O=Cc1c(OCC(=O)NC(=O)Nc2ccccc2F)ccc2ccccc12. The minimum atomic E-state index is -0.886. The number of ether oxygens (including phenoxy) is 1. The Hall–Kier alpha value is -3.74. The second kappa shape index (κ2) is 8.09. The number of para-hydroxylation sites is 1. The number of hydrogen-bond donors (Lipinski definition) is 2. The molecule has 3 aromatic rings. The van der Waals surface area contributed by atoms with Crippen LogP contribution in [0, 0.1) is 5.82 Å². The van der Waals surface area contributed by atoms with Crippen LogP contribution in [0.5, 0.6) is 5.75 Å². The Bertz CT molecular complexity index is 1020. The molecule has 0 bridgehead atoms. The minimum Gasteiger partial charge on any atom is -0.483 e. The number of aldehydes is 1. The van der Waals surface area contributed by atoms with Gasteiger partial charge >= 0.3 is 6.03 Å². The van der Waals surface area contributed by atoms with E-state index in [2.05, 4.69) is 5.32 Å². The second-order valence-corrected chi connectivity index (χ2v) is 5.59. The van der Waals surface area contributed by atoms with Crippen LogP contribution < -0.4 is 15.4 Å². The summed E-state index contributed by atoms with van der Waals surface area (Å²) in [6.07, 6.45) is 0.653. The van der Waals surface area contributed by atoms with Crippen molar-refractivity contribution in [1.82, 2.24) is 5.32 Å². The molecule has 0 saturated carbocycles. The number of anilines is 1. The molecule has 0 aliphatic rings. The highest BCUT2D eigenvalue weighted by molar-refractivity contribution is 6.02. The van der Waals surface area contributed by atoms with Crippen molar-refractivity contribution in [2.75, 3.05) is 11.9 Å². The molecule has 6 nitrogen and oxygen atoms in total. The number of urea groups is 1. The number of fused-ring (bicyclic) bond motifs is 1. The third-order valence-corrected chi connectivity index (χ3v) is 3.78. The number of hydrogen-bond acceptors (Lipinski definition) is 4. The van der Waals surface area contributed by atoms with Crippen molar-refractivity contribution in [1.29, 1.82) is 0 Å². The van der Waals surface area contributed by atoms with Crippen molar-refractivity contribution in [3.8, 4) is 5.75 Å². The molecule has 0 atom stereocenters. The molecule has 0 unspecified atom stereocenters. The zero-order valence-corrected chi connectivity index (χ0v) is 14.1. The van der Waals surface area contributed by atoms with E-state index in [0.29, 0.717) is 17.2 Å². The van der Waals surface area contributed by atoms with Gasteiger partial charge in [-0.1, -0.05) is 42.5 Å². The predicted octanol–water partition coefficient (Wildman–Crippen LogP) is 3.52. The van der Waals surface area contributed by atoms with Gasteiger partial charge in [0.15, 0.2) is 12.9 Å². The molecule has 0 spiro atoms. The van der Waals surface area contributed by atoms with Crippen molar-refractivity contribution < 1.29 is 23.5 Å². The molecule has 0 fully saturated rings. The molecule has 7 heteroatoms. The minimum absolute atomic E-state index is 0.0542. The van der Waals surface area contributed by atoms with Gasteiger partial charge in [0.2, 0.25) is 0 Å². The molecule has 0 aliphatic carbocycles. The number of carbonyl (C=O) groups excluding carboxylic acids is 3. The van der Waals surface area contributed by atoms with Crippen LogP contribution >= 0.6 is 0 Å². The summed E-state index contributed by atoms with van der Waals surface area (Å²) in [6.45, 7) is -0.482. The quantitative estimate of drug-likeness (QED) is 0.677. The first kappa shape index (κ1) is 18.1. The summed E-state index contributed by atoms with van der Waals surface area (Å²) in [4.78, 5) is 35.1. The maximum atomic E-state index is 13.5. The molecule has 136 valence electrons. The van der Waals surface area contributed by atoms with Crippen LogP contribution in [0.25, 0.3) is 10.8 Å². The first-order valence-electron chi connectivity index (χ1n) is 8.03. The molecule has 3 aromatic carbocycles. The van der Waals surface area contributed by atoms with Crippen LogP contribution in [0.3, 0.4) is 0 Å². The number of imide groups is 1. The maximum Gasteiger partial charge on any atom is 0.326 e. The summed E-state index contributed by atoms with van der Waals surface area (Å²) in [5.74, 6) is -1.13. The summed E-state index contributed by atoms with van der Waals surface area (Å²) < 4.78 is 18.9. The van der Waals surface area contributed by atoms with Crippen molar-refractivity contribution in [3.05, 3.63) is 72.0 Å². The number of rotatable bonds is 5. The van der Waals surface area contributed by atoms with Crippen molar-refractivity contribution in [2.45, 2.75) is 0 Å². The molecule has 0 heterocycles. The lowest BCUT2D eigenvalue weighted by molar-refractivity contribution is -0.121. The zero-order chi connectivity index (χ0) is 19.2. The van der Waals surface area contributed by atoms with Gasteiger partial charge in [-0.15, -0.1) is 0 Å². The molecular weight excluding hydrogens is 351 g/mol. The average Bonchev–Trinajstić information content (AvgIpc) is 2.67. The Balaban J connectivity index is 1.62. The van der Waals surface area contributed by atoms with E-state index in [0.717, 1.165) is 5.39 Å². The van der Waals surface area contributed by atoms with Gasteiger partial charge in [0.1, 0.15) is 11.6 Å². The van der Waals surface area contributed by atoms with E-state index >= 15 is 0 Å². The summed E-state index contributed by atoms with van der Waals surface area (Å²) >= 11 is 0. The summed E-state index contributed by atoms with van der Waals surface area (Å²) in [5, 5.41) is 5.82. The van der Waals surface area contributed by atoms with Crippen LogP contribution in [0.2, 0.25) is 0 Å². The number of halogens is 1. The number of carbonyl (C=O) groups is 3. The van der Waals surface area contributed by atoms with Gasteiger partial charge in [0.25, 0.3) is 5.91 Å². The number of amides is 3. The van der Waals surface area contributed by atoms with Crippen molar-refractivity contribution in [2.24, 2.45) is 0 Å². The first-order valence-corrected chi connectivity index (χ1v) is 8.03. The summed E-state index contributed by atoms with van der Waals surface area (Å²) in [7, 11) is 0. The average molecular weight is 366 g/mol. The van der Waals surface area contributed by atoms with E-state index < -0.39 is 24.4 Å². The molecule has 2 N–H and O–H groups in total. The topological polar surface area (TPSA) is 84.5 Å². The Kier molecular flexibility index (Phi) is 5.41. The standard InChI is InChI=1S/C20H15FN2O4/c21-16-7-3-4-8-17(16)22-20(26)23-19(25)12-27-18-10-9-13-5-1-2-6-14(13)15(18)11-24/h1-11H,12H2,(H2,22,23,25,26). The third kappa shape index (κ3) is 4.27. The zero-order valence-electron chi connectivity index (χ0n) is 14.1. The highest BCUT2D eigenvalue weighted by Gasteiger charge is 2.13. The molecule has 3 rings (SSSR count). The highest BCUT2D eigenvalue weighted by atomic mass is 19.1. The van der Waals surface area contributed by atoms with E-state index in [9.17, 15) is 18.8 Å². The normalized spacial score (nSPS) is 10.3. The van der Waals surface area contributed by atoms with Gasteiger partial charge in [0, 0.05) is 0 Å². The van der Waals surface area contributed by atoms with E-state index in [1.807, 2.05) is 17.4 Å². The predicted molar refractivity (Wildman–Crippen MR) is 98.4 cm³/mol. The van der Waals surface area contributed by atoms with Gasteiger partial charge in [0.05, 0.1) is 11.3 Å². The molecule has 0 saturated heterocycles.